The second kappa shape index (κ2) is 8.09. The van der Waals surface area contributed by atoms with E-state index in [4.69, 9.17) is 9.47 Å². The number of carbonyl (C=O) groups is 2. The predicted octanol–water partition coefficient (Wildman–Crippen LogP) is 7.22. The van der Waals surface area contributed by atoms with Crippen LogP contribution in [0.15, 0.2) is 11.8 Å². The number of hydrogen-bond donors (Lipinski definition) is 0. The molecule has 4 nitrogen and oxygen atoms in total. The Balaban J connectivity index is 1.60. The van der Waals surface area contributed by atoms with E-state index in [0.717, 1.165) is 32.1 Å². The van der Waals surface area contributed by atoms with Gasteiger partial charge in [0, 0.05) is 5.41 Å². The van der Waals surface area contributed by atoms with Crippen LogP contribution in [0.5, 0.6) is 0 Å². The van der Waals surface area contributed by atoms with Crippen molar-refractivity contribution in [3.8, 4) is 0 Å². The van der Waals surface area contributed by atoms with Crippen LogP contribution in [-0.2, 0) is 19.1 Å². The first-order valence-corrected chi connectivity index (χ1v) is 14.6. The molecule has 0 spiro atoms. The molecule has 0 aromatic carbocycles. The number of ether oxygens (including phenoxy) is 2. The first-order chi connectivity index (χ1) is 16.7. The lowest BCUT2D eigenvalue weighted by Crippen LogP contribution is -2.66. The second-order valence-electron chi connectivity index (χ2n) is 14.9. The number of ketones is 1. The average molecular weight is 499 g/mol. The van der Waals surface area contributed by atoms with Crippen molar-refractivity contribution in [1.29, 1.82) is 0 Å². The van der Waals surface area contributed by atoms with Gasteiger partial charge in [0.2, 0.25) is 5.78 Å². The van der Waals surface area contributed by atoms with Gasteiger partial charge in [-0.3, -0.25) is 9.59 Å². The minimum atomic E-state index is -0.408. The highest BCUT2D eigenvalue weighted by atomic mass is 16.5. The molecule has 0 aromatic heterocycles. The van der Waals surface area contributed by atoms with Crippen molar-refractivity contribution >= 4 is 11.8 Å². The summed E-state index contributed by atoms with van der Waals surface area (Å²) in [6.45, 7) is 16.6. The molecule has 0 radical (unpaired) electrons. The van der Waals surface area contributed by atoms with E-state index in [0.29, 0.717) is 41.3 Å². The fraction of sp³-hybridized carbons (Fsp3) is 0.875. The van der Waals surface area contributed by atoms with Gasteiger partial charge in [0.15, 0.2) is 5.76 Å². The molecule has 5 aliphatic carbocycles. The fourth-order valence-corrected chi connectivity index (χ4v) is 11.6. The van der Waals surface area contributed by atoms with E-state index in [9.17, 15) is 9.59 Å². The summed E-state index contributed by atoms with van der Waals surface area (Å²) in [6.07, 6.45) is 11.1. The third-order valence-corrected chi connectivity index (χ3v) is 13.4. The summed E-state index contributed by atoms with van der Waals surface area (Å²) in [5.41, 5.74) is -0.418. The lowest BCUT2D eigenvalue weighted by atomic mass is 9.33. The van der Waals surface area contributed by atoms with Gasteiger partial charge in [0.1, 0.15) is 0 Å². The summed E-state index contributed by atoms with van der Waals surface area (Å²) in [4.78, 5) is 26.7. The smallest absolute Gasteiger partial charge is 0.312 e. The van der Waals surface area contributed by atoms with E-state index >= 15 is 0 Å². The van der Waals surface area contributed by atoms with Gasteiger partial charge < -0.3 is 9.47 Å². The number of methoxy groups -OCH3 is 2. The van der Waals surface area contributed by atoms with Crippen molar-refractivity contribution in [3.63, 3.8) is 0 Å². The molecule has 9 atom stereocenters. The number of rotatable bonds is 3. The monoisotopic (exact) mass is 498 g/mol. The molecule has 202 valence electrons. The Kier molecular flexibility index (Phi) is 5.91. The van der Waals surface area contributed by atoms with E-state index in [1.54, 1.807) is 14.2 Å². The number of Topliss-reactive ketones (excluding diaryl/α,β-unsaturated/α-hetero) is 1. The molecule has 4 saturated carbocycles. The normalized spacial score (nSPS) is 49.3. The number of esters is 1. The lowest BCUT2D eigenvalue weighted by molar-refractivity contribution is -0.225. The van der Waals surface area contributed by atoms with Gasteiger partial charge in [-0.25, -0.2) is 0 Å². The summed E-state index contributed by atoms with van der Waals surface area (Å²) in [7, 11) is 3.25. The highest BCUT2D eigenvalue weighted by Crippen LogP contribution is 2.77. The molecular weight excluding hydrogens is 448 g/mol. The number of carbonyl (C=O) groups excluding carboxylic acids is 2. The van der Waals surface area contributed by atoms with E-state index in [-0.39, 0.29) is 33.4 Å². The van der Waals surface area contributed by atoms with Crippen molar-refractivity contribution in [1.82, 2.24) is 0 Å². The van der Waals surface area contributed by atoms with Crippen molar-refractivity contribution < 1.29 is 19.1 Å². The maximum atomic E-state index is 13.4. The summed E-state index contributed by atoms with van der Waals surface area (Å²) < 4.78 is 11.2. The Labute approximate surface area is 219 Å². The predicted molar refractivity (Wildman–Crippen MR) is 142 cm³/mol. The van der Waals surface area contributed by atoms with Crippen LogP contribution in [0.4, 0.5) is 0 Å². The van der Waals surface area contributed by atoms with Gasteiger partial charge in [-0.05, 0) is 109 Å². The Morgan fingerprint density at radius 1 is 0.889 bits per heavy atom. The van der Waals surface area contributed by atoms with Crippen LogP contribution >= 0.6 is 0 Å². The van der Waals surface area contributed by atoms with Gasteiger partial charge in [-0.15, -0.1) is 0 Å². The van der Waals surface area contributed by atoms with Crippen LogP contribution in [0.25, 0.3) is 0 Å². The topological polar surface area (TPSA) is 52.6 Å². The molecule has 5 aliphatic rings. The van der Waals surface area contributed by atoms with Gasteiger partial charge in [-0.2, -0.15) is 0 Å². The maximum Gasteiger partial charge on any atom is 0.312 e. The molecule has 0 saturated heterocycles. The Morgan fingerprint density at radius 2 is 1.58 bits per heavy atom. The lowest BCUT2D eigenvalue weighted by Gasteiger charge is -2.71. The molecular formula is C32H50O4. The zero-order valence-electron chi connectivity index (χ0n) is 24.3. The molecule has 0 N–H and O–H groups in total. The molecule has 0 aliphatic heterocycles. The van der Waals surface area contributed by atoms with Gasteiger partial charge in [0.25, 0.3) is 0 Å². The Bertz CT molecular complexity index is 979. The van der Waals surface area contributed by atoms with Crippen LogP contribution in [-0.4, -0.2) is 26.0 Å². The van der Waals surface area contributed by atoms with Gasteiger partial charge in [0.05, 0.1) is 19.6 Å². The SMILES string of the molecule is COC(=O)[C@]12CC[C@@H](C(C)C)C1C1CC[C@@H]3[C@@]4(C)C=C(OC)C(=O)C(C)(C)C4CC[C@@]3(C)[C@]1(C)CC2. The standard InChI is InChI=1S/C32H50O4/c1-19(2)20-12-15-32(27(34)36-9)17-16-30(6)21(25(20)32)10-11-24-29(5)18-22(35-8)26(33)28(3,4)23(29)13-14-31(24,30)7/h18-21,23-25H,10-17H2,1-9H3/t20-,21?,23?,24+,25?,29-,30+,31+,32-/m0/s1. The molecule has 4 fully saturated rings. The van der Waals surface area contributed by atoms with Gasteiger partial charge >= 0.3 is 5.97 Å². The minimum Gasteiger partial charge on any atom is -0.493 e. The second-order valence-corrected chi connectivity index (χ2v) is 14.9. The molecule has 0 amide bonds. The maximum absolute atomic E-state index is 13.4. The van der Waals surface area contributed by atoms with E-state index in [2.05, 4.69) is 54.5 Å². The van der Waals surface area contributed by atoms with Crippen molar-refractivity contribution in [2.24, 2.45) is 62.6 Å². The minimum absolute atomic E-state index is 0.0564. The van der Waals surface area contributed by atoms with E-state index in [1.807, 2.05) is 0 Å². The highest BCUT2D eigenvalue weighted by molar-refractivity contribution is 5.99. The van der Waals surface area contributed by atoms with Crippen LogP contribution < -0.4 is 0 Å². The zero-order valence-corrected chi connectivity index (χ0v) is 24.3. The molecule has 36 heavy (non-hydrogen) atoms. The number of allylic oxidation sites excluding steroid dienone is 2. The Hall–Kier alpha value is -1.32. The van der Waals surface area contributed by atoms with E-state index in [1.165, 1.54) is 19.3 Å². The molecule has 0 bridgehead atoms. The first-order valence-electron chi connectivity index (χ1n) is 14.6. The largest absolute Gasteiger partial charge is 0.493 e. The van der Waals surface area contributed by atoms with Crippen LogP contribution in [0.2, 0.25) is 0 Å². The average Bonchev–Trinajstić information content (AvgIpc) is 3.22. The van der Waals surface area contributed by atoms with E-state index < -0.39 is 5.41 Å². The zero-order chi connectivity index (χ0) is 26.5. The molecule has 0 aromatic rings. The highest BCUT2D eigenvalue weighted by Gasteiger charge is 2.72. The molecule has 5 rings (SSSR count). The van der Waals surface area contributed by atoms with Crippen molar-refractivity contribution in [2.75, 3.05) is 14.2 Å². The quantitative estimate of drug-likeness (QED) is 0.386. The van der Waals surface area contributed by atoms with Crippen molar-refractivity contribution in [3.05, 3.63) is 11.8 Å². The first kappa shape index (κ1) is 26.3. The van der Waals surface area contributed by atoms with Crippen molar-refractivity contribution in [2.45, 2.75) is 99.8 Å². The molecule has 3 unspecified atom stereocenters. The molecule has 4 heteroatoms. The summed E-state index contributed by atoms with van der Waals surface area (Å²) >= 11 is 0. The number of hydrogen-bond acceptors (Lipinski definition) is 4. The van der Waals surface area contributed by atoms with Crippen LogP contribution in [0, 0.1) is 62.6 Å². The van der Waals surface area contributed by atoms with Gasteiger partial charge in [-0.1, -0.05) is 48.5 Å². The third-order valence-electron chi connectivity index (χ3n) is 13.4. The number of fused-ring (bicyclic) bond motifs is 7. The Morgan fingerprint density at radius 3 is 2.19 bits per heavy atom. The van der Waals surface area contributed by atoms with Crippen LogP contribution in [0.1, 0.15) is 99.8 Å². The molecule has 0 heterocycles. The third kappa shape index (κ3) is 2.99. The van der Waals surface area contributed by atoms with Crippen LogP contribution in [0.3, 0.4) is 0 Å². The summed E-state index contributed by atoms with van der Waals surface area (Å²) in [6, 6.07) is 0. The fourth-order valence-electron chi connectivity index (χ4n) is 11.6. The summed E-state index contributed by atoms with van der Waals surface area (Å²) in [5, 5.41) is 0. The summed E-state index contributed by atoms with van der Waals surface area (Å²) in [5.74, 6) is 3.77.